The fourth-order valence-corrected chi connectivity index (χ4v) is 2.16. The van der Waals surface area contributed by atoms with Crippen LogP contribution in [0.15, 0.2) is 24.3 Å². The van der Waals surface area contributed by atoms with Gasteiger partial charge in [0.1, 0.15) is 0 Å². The summed E-state index contributed by atoms with van der Waals surface area (Å²) in [6.07, 6.45) is 3.15. The van der Waals surface area contributed by atoms with E-state index in [1.54, 1.807) is 0 Å². The van der Waals surface area contributed by atoms with Crippen LogP contribution in [0.2, 0.25) is 5.02 Å². The summed E-state index contributed by atoms with van der Waals surface area (Å²) in [5, 5.41) is 1.71. The van der Waals surface area contributed by atoms with Crippen molar-refractivity contribution in [1.29, 1.82) is 0 Å². The molecule has 0 atom stereocenters. The van der Waals surface area contributed by atoms with E-state index < -0.39 is 0 Å². The van der Waals surface area contributed by atoms with E-state index in [1.165, 1.54) is 11.1 Å². The van der Waals surface area contributed by atoms with E-state index in [0.717, 1.165) is 22.3 Å². The Bertz CT molecular complexity index is 342. The second-order valence-corrected chi connectivity index (χ2v) is 4.26. The van der Waals surface area contributed by atoms with E-state index >= 15 is 0 Å². The summed E-state index contributed by atoms with van der Waals surface area (Å²) in [5.74, 6) is 0. The fraction of sp³-hybridized carbons (Fsp3) is 0.333. The molecule has 0 aliphatic rings. The van der Waals surface area contributed by atoms with E-state index in [9.17, 15) is 0 Å². The Morgan fingerprint density at radius 1 is 1.50 bits per heavy atom. The van der Waals surface area contributed by atoms with Gasteiger partial charge >= 0.3 is 0 Å². The topological polar surface area (TPSA) is 0 Å². The molecule has 0 amide bonds. The molecular weight excluding hydrogens is 259 g/mol. The molecule has 14 heavy (non-hydrogen) atoms. The largest absolute Gasteiger partial charge is 0.0883 e. The average Bonchev–Trinajstić information content (AvgIpc) is 2.17. The fourth-order valence-electron chi connectivity index (χ4n) is 1.32. The van der Waals surface area contributed by atoms with Crippen molar-refractivity contribution in [3.8, 4) is 0 Å². The molecule has 0 aliphatic heterocycles. The minimum atomic E-state index is 0.846. The van der Waals surface area contributed by atoms with Gasteiger partial charge in [-0.3, -0.25) is 0 Å². The summed E-state index contributed by atoms with van der Waals surface area (Å²) >= 11 is 9.56. The molecule has 0 aromatic heterocycles. The van der Waals surface area contributed by atoms with Crippen molar-refractivity contribution >= 4 is 33.1 Å². The number of rotatable bonds is 3. The lowest BCUT2D eigenvalue weighted by molar-refractivity contribution is 1.14. The number of hydrogen-bond donors (Lipinski definition) is 0. The quantitative estimate of drug-likeness (QED) is 0.700. The van der Waals surface area contributed by atoms with Crippen LogP contribution < -0.4 is 0 Å². The average molecular weight is 274 g/mol. The SMILES string of the molecule is CCc1ccc(/C(C)=C/CBr)c(Cl)c1. The van der Waals surface area contributed by atoms with Crippen molar-refractivity contribution in [2.45, 2.75) is 20.3 Å². The lowest BCUT2D eigenvalue weighted by Gasteiger charge is -2.06. The third-order valence-electron chi connectivity index (χ3n) is 2.25. The van der Waals surface area contributed by atoms with Crippen LogP contribution in [0.25, 0.3) is 5.57 Å². The third-order valence-corrected chi connectivity index (χ3v) is 2.89. The predicted molar refractivity (Wildman–Crippen MR) is 68.3 cm³/mol. The molecule has 76 valence electrons. The second kappa shape index (κ2) is 5.57. The zero-order chi connectivity index (χ0) is 10.6. The molecule has 0 bridgehead atoms. The first-order valence-electron chi connectivity index (χ1n) is 4.70. The molecular formula is C12H14BrCl. The van der Waals surface area contributed by atoms with E-state index in [1.807, 2.05) is 6.07 Å². The van der Waals surface area contributed by atoms with Gasteiger partial charge in [-0.05, 0) is 36.1 Å². The van der Waals surface area contributed by atoms with Crippen molar-refractivity contribution in [3.05, 3.63) is 40.4 Å². The highest BCUT2D eigenvalue weighted by molar-refractivity contribution is 9.09. The maximum atomic E-state index is 6.18. The van der Waals surface area contributed by atoms with Crippen LogP contribution in [0.4, 0.5) is 0 Å². The standard InChI is InChI=1S/C12H14BrCl/c1-3-10-4-5-11(12(14)8-10)9(2)6-7-13/h4-6,8H,3,7H2,1-2H3/b9-6+. The molecule has 0 radical (unpaired) electrons. The Morgan fingerprint density at radius 3 is 2.71 bits per heavy atom. The van der Waals surface area contributed by atoms with Crippen LogP contribution in [-0.2, 0) is 6.42 Å². The number of allylic oxidation sites excluding steroid dienone is 2. The number of alkyl halides is 1. The first kappa shape index (κ1) is 11.8. The molecule has 0 N–H and O–H groups in total. The minimum absolute atomic E-state index is 0.846. The maximum Gasteiger partial charge on any atom is 0.0483 e. The van der Waals surface area contributed by atoms with Gasteiger partial charge in [0.15, 0.2) is 0 Å². The molecule has 1 aromatic carbocycles. The number of benzene rings is 1. The van der Waals surface area contributed by atoms with Crippen LogP contribution in [0.1, 0.15) is 25.0 Å². The summed E-state index contributed by atoms with van der Waals surface area (Å²) < 4.78 is 0. The van der Waals surface area contributed by atoms with Crippen molar-refractivity contribution < 1.29 is 0 Å². The molecule has 0 saturated carbocycles. The normalized spacial score (nSPS) is 11.9. The lowest BCUT2D eigenvalue weighted by Crippen LogP contribution is -1.86. The minimum Gasteiger partial charge on any atom is -0.0883 e. The molecule has 1 aromatic rings. The maximum absolute atomic E-state index is 6.18. The number of aryl methyl sites for hydroxylation is 1. The van der Waals surface area contributed by atoms with Crippen LogP contribution >= 0.6 is 27.5 Å². The smallest absolute Gasteiger partial charge is 0.0483 e. The zero-order valence-corrected chi connectivity index (χ0v) is 10.8. The second-order valence-electron chi connectivity index (χ2n) is 3.21. The lowest BCUT2D eigenvalue weighted by atomic mass is 10.0. The van der Waals surface area contributed by atoms with Gasteiger partial charge in [0.2, 0.25) is 0 Å². The van der Waals surface area contributed by atoms with Crippen LogP contribution in [0.3, 0.4) is 0 Å². The summed E-state index contributed by atoms with van der Waals surface area (Å²) in [5.41, 5.74) is 3.63. The van der Waals surface area contributed by atoms with Gasteiger partial charge in [0.05, 0.1) is 0 Å². The molecule has 0 heterocycles. The van der Waals surface area contributed by atoms with Crippen LogP contribution in [-0.4, -0.2) is 5.33 Å². The number of hydrogen-bond acceptors (Lipinski definition) is 0. The highest BCUT2D eigenvalue weighted by atomic mass is 79.9. The van der Waals surface area contributed by atoms with Gasteiger partial charge in [-0.15, -0.1) is 0 Å². The molecule has 2 heteroatoms. The molecule has 0 unspecified atom stereocenters. The van der Waals surface area contributed by atoms with Gasteiger partial charge in [-0.25, -0.2) is 0 Å². The van der Waals surface area contributed by atoms with Crippen molar-refractivity contribution in [2.24, 2.45) is 0 Å². The molecule has 0 fully saturated rings. The number of halogens is 2. The molecule has 0 saturated heterocycles. The Morgan fingerprint density at radius 2 is 2.21 bits per heavy atom. The van der Waals surface area contributed by atoms with E-state index in [2.05, 4.69) is 48.0 Å². The molecule has 0 aliphatic carbocycles. The zero-order valence-electron chi connectivity index (χ0n) is 8.48. The first-order valence-corrected chi connectivity index (χ1v) is 6.20. The first-order chi connectivity index (χ1) is 6.69. The molecule has 0 spiro atoms. The van der Waals surface area contributed by atoms with Gasteiger partial charge in [0.25, 0.3) is 0 Å². The van der Waals surface area contributed by atoms with Crippen molar-refractivity contribution in [1.82, 2.24) is 0 Å². The van der Waals surface area contributed by atoms with E-state index in [0.29, 0.717) is 0 Å². The van der Waals surface area contributed by atoms with Gasteiger partial charge in [-0.2, -0.15) is 0 Å². The summed E-state index contributed by atoms with van der Waals surface area (Å²) in [4.78, 5) is 0. The van der Waals surface area contributed by atoms with E-state index in [-0.39, 0.29) is 0 Å². The van der Waals surface area contributed by atoms with Gasteiger partial charge in [0, 0.05) is 10.4 Å². The predicted octanol–water partition coefficient (Wildman–Crippen LogP) is 4.70. The van der Waals surface area contributed by atoms with Crippen molar-refractivity contribution in [3.63, 3.8) is 0 Å². The van der Waals surface area contributed by atoms with Crippen LogP contribution in [0, 0.1) is 0 Å². The van der Waals surface area contributed by atoms with Gasteiger partial charge in [-0.1, -0.05) is 52.7 Å². The monoisotopic (exact) mass is 272 g/mol. The molecule has 1 rings (SSSR count). The van der Waals surface area contributed by atoms with E-state index in [4.69, 9.17) is 11.6 Å². The van der Waals surface area contributed by atoms with Gasteiger partial charge < -0.3 is 0 Å². The Hall–Kier alpha value is -0.270. The summed E-state index contributed by atoms with van der Waals surface area (Å²) in [6, 6.07) is 6.27. The Balaban J connectivity index is 3.05. The highest BCUT2D eigenvalue weighted by Gasteiger charge is 2.02. The Kier molecular flexibility index (Phi) is 4.70. The van der Waals surface area contributed by atoms with Crippen LogP contribution in [0.5, 0.6) is 0 Å². The highest BCUT2D eigenvalue weighted by Crippen LogP contribution is 2.25. The molecule has 0 nitrogen and oxygen atoms in total. The Labute approximate surface area is 99.1 Å². The summed E-state index contributed by atoms with van der Waals surface area (Å²) in [7, 11) is 0. The summed E-state index contributed by atoms with van der Waals surface area (Å²) in [6.45, 7) is 4.21. The third kappa shape index (κ3) is 2.86. The van der Waals surface area contributed by atoms with Crippen molar-refractivity contribution in [2.75, 3.05) is 5.33 Å².